The zero-order chi connectivity index (χ0) is 19.7. The Kier molecular flexibility index (Phi) is 4.44. The van der Waals surface area contributed by atoms with E-state index >= 15 is 0 Å². The van der Waals surface area contributed by atoms with Gasteiger partial charge in [-0.2, -0.15) is 0 Å². The fraction of sp³-hybridized carbons (Fsp3) is 0.120. The minimum atomic E-state index is -1.06. The number of ketones is 1. The fourth-order valence-corrected chi connectivity index (χ4v) is 3.96. The summed E-state index contributed by atoms with van der Waals surface area (Å²) in [6.07, 6.45) is 1.78. The molecule has 3 heteroatoms. The van der Waals surface area contributed by atoms with E-state index in [1.54, 1.807) is 6.07 Å². The Hall–Kier alpha value is -3.46. The maximum atomic E-state index is 13.4. The molecule has 1 aliphatic rings. The maximum Gasteiger partial charge on any atom is 0.331 e. The highest BCUT2D eigenvalue weighted by atomic mass is 16.6. The molecule has 0 heterocycles. The van der Waals surface area contributed by atoms with Crippen molar-refractivity contribution in [1.29, 1.82) is 0 Å². The van der Waals surface area contributed by atoms with Gasteiger partial charge in [-0.1, -0.05) is 79.4 Å². The van der Waals surface area contributed by atoms with Crippen molar-refractivity contribution in [1.82, 2.24) is 0 Å². The Morgan fingerprint density at radius 2 is 1.64 bits per heavy atom. The highest BCUT2D eigenvalue weighted by Crippen LogP contribution is 2.43. The average molecular weight is 368 g/mol. The lowest BCUT2D eigenvalue weighted by atomic mass is 9.73. The Balaban J connectivity index is 1.93. The predicted molar refractivity (Wildman–Crippen MR) is 108 cm³/mol. The molecule has 0 saturated heterocycles. The third-order valence-corrected chi connectivity index (χ3v) is 5.29. The quantitative estimate of drug-likeness (QED) is 0.490. The Morgan fingerprint density at radius 1 is 0.964 bits per heavy atom. The Morgan fingerprint density at radius 3 is 2.39 bits per heavy atom. The van der Waals surface area contributed by atoms with E-state index in [4.69, 9.17) is 4.74 Å². The molecule has 3 aromatic rings. The van der Waals surface area contributed by atoms with Gasteiger partial charge in [-0.3, -0.25) is 4.79 Å². The van der Waals surface area contributed by atoms with E-state index in [9.17, 15) is 9.59 Å². The molecule has 0 aliphatic heterocycles. The van der Waals surface area contributed by atoms with Crippen LogP contribution in [0.2, 0.25) is 0 Å². The van der Waals surface area contributed by atoms with E-state index in [0.29, 0.717) is 28.7 Å². The molecule has 3 nitrogen and oxygen atoms in total. The van der Waals surface area contributed by atoms with E-state index in [1.165, 1.54) is 0 Å². The number of hydrogen-bond donors (Lipinski definition) is 0. The summed E-state index contributed by atoms with van der Waals surface area (Å²) in [7, 11) is 0. The van der Waals surface area contributed by atoms with Crippen LogP contribution in [0.5, 0.6) is 0 Å². The van der Waals surface area contributed by atoms with Crippen molar-refractivity contribution in [3.05, 3.63) is 119 Å². The van der Waals surface area contributed by atoms with Crippen LogP contribution >= 0.6 is 0 Å². The van der Waals surface area contributed by atoms with Gasteiger partial charge in [0.15, 0.2) is 11.4 Å². The summed E-state index contributed by atoms with van der Waals surface area (Å²) < 4.78 is 5.83. The highest BCUT2D eigenvalue weighted by Gasteiger charge is 2.43. The smallest absolute Gasteiger partial charge is 0.331 e. The second-order valence-electron chi connectivity index (χ2n) is 7.04. The minimum absolute atomic E-state index is 0.0377. The fourth-order valence-electron chi connectivity index (χ4n) is 3.96. The van der Waals surface area contributed by atoms with E-state index in [2.05, 4.69) is 6.58 Å². The topological polar surface area (TPSA) is 43.4 Å². The first-order valence-electron chi connectivity index (χ1n) is 9.20. The summed E-state index contributed by atoms with van der Waals surface area (Å²) in [5, 5.41) is 0. The lowest BCUT2D eigenvalue weighted by Crippen LogP contribution is -2.37. The number of esters is 1. The van der Waals surface area contributed by atoms with Gasteiger partial charge in [-0.15, -0.1) is 0 Å². The summed E-state index contributed by atoms with van der Waals surface area (Å²) in [5.41, 5.74) is 3.56. The van der Waals surface area contributed by atoms with Gasteiger partial charge in [0.2, 0.25) is 0 Å². The van der Waals surface area contributed by atoms with Gasteiger partial charge in [-0.05, 0) is 24.5 Å². The van der Waals surface area contributed by atoms with Crippen molar-refractivity contribution in [2.24, 2.45) is 0 Å². The Bertz CT molecular complexity index is 1080. The van der Waals surface area contributed by atoms with Crippen LogP contribution in [0.4, 0.5) is 0 Å². The maximum absolute atomic E-state index is 13.4. The third-order valence-electron chi connectivity index (χ3n) is 5.29. The Labute approximate surface area is 164 Å². The normalized spacial score (nSPS) is 17.4. The molecule has 1 unspecified atom stereocenters. The lowest BCUT2D eigenvalue weighted by molar-refractivity contribution is -0.149. The van der Waals surface area contributed by atoms with Crippen molar-refractivity contribution in [2.45, 2.75) is 18.9 Å². The number of carbonyl (C=O) groups excluding carboxylic acids is 2. The van der Waals surface area contributed by atoms with Crippen LogP contribution in [-0.4, -0.2) is 11.8 Å². The number of carbonyl (C=O) groups is 2. The largest absolute Gasteiger partial charge is 0.446 e. The molecule has 4 rings (SSSR count). The zero-order valence-electron chi connectivity index (χ0n) is 15.6. The second kappa shape index (κ2) is 6.93. The highest BCUT2D eigenvalue weighted by molar-refractivity contribution is 6.14. The molecule has 1 atom stereocenters. The molecule has 0 saturated carbocycles. The van der Waals surface area contributed by atoms with Gasteiger partial charge >= 0.3 is 5.97 Å². The van der Waals surface area contributed by atoms with Crippen LogP contribution in [0.3, 0.4) is 0 Å². The summed E-state index contributed by atoms with van der Waals surface area (Å²) in [6, 6.07) is 23.1. The van der Waals surface area contributed by atoms with Crippen LogP contribution < -0.4 is 0 Å². The molecule has 0 bridgehead atoms. The number of fused-ring (bicyclic) bond motifs is 2. The van der Waals surface area contributed by atoms with Crippen LogP contribution in [0.1, 0.15) is 45.1 Å². The number of ether oxygens (including phenoxy) is 1. The van der Waals surface area contributed by atoms with Crippen LogP contribution in [0, 0.1) is 0 Å². The van der Waals surface area contributed by atoms with Crippen molar-refractivity contribution in [3.8, 4) is 0 Å². The molecule has 0 radical (unpaired) electrons. The monoisotopic (exact) mass is 368 g/mol. The first-order valence-corrected chi connectivity index (χ1v) is 9.20. The van der Waals surface area contributed by atoms with Crippen molar-refractivity contribution < 1.29 is 14.3 Å². The molecule has 0 aromatic heterocycles. The van der Waals surface area contributed by atoms with Gasteiger partial charge in [0.1, 0.15) is 0 Å². The van der Waals surface area contributed by atoms with Crippen LogP contribution in [0.25, 0.3) is 0 Å². The first kappa shape index (κ1) is 17.9. The van der Waals surface area contributed by atoms with Crippen LogP contribution in [-0.2, 0) is 21.6 Å². The molecule has 3 aromatic carbocycles. The van der Waals surface area contributed by atoms with E-state index in [1.807, 2.05) is 73.7 Å². The van der Waals surface area contributed by atoms with E-state index in [0.717, 1.165) is 17.2 Å². The van der Waals surface area contributed by atoms with Crippen LogP contribution in [0.15, 0.2) is 85.5 Å². The van der Waals surface area contributed by atoms with Gasteiger partial charge in [0.05, 0.1) is 0 Å². The van der Waals surface area contributed by atoms with Crippen molar-refractivity contribution >= 4 is 11.8 Å². The first-order chi connectivity index (χ1) is 13.5. The molecule has 0 amide bonds. The molecule has 138 valence electrons. The predicted octanol–water partition coefficient (Wildman–Crippen LogP) is 4.81. The summed E-state index contributed by atoms with van der Waals surface area (Å²) in [4.78, 5) is 25.5. The summed E-state index contributed by atoms with van der Waals surface area (Å²) >= 11 is 0. The number of rotatable bonds is 4. The number of benzene rings is 3. The van der Waals surface area contributed by atoms with E-state index < -0.39 is 11.6 Å². The number of hydrogen-bond acceptors (Lipinski definition) is 3. The zero-order valence-corrected chi connectivity index (χ0v) is 15.6. The van der Waals surface area contributed by atoms with Gasteiger partial charge < -0.3 is 4.74 Å². The molecule has 0 fully saturated rings. The van der Waals surface area contributed by atoms with Gasteiger partial charge in [0, 0.05) is 28.3 Å². The lowest BCUT2D eigenvalue weighted by Gasteiger charge is -2.37. The summed E-state index contributed by atoms with van der Waals surface area (Å²) in [5.74, 6) is -0.560. The van der Waals surface area contributed by atoms with Gasteiger partial charge in [-0.25, -0.2) is 4.79 Å². The summed E-state index contributed by atoms with van der Waals surface area (Å²) in [6.45, 7) is 5.35. The molecule has 1 aliphatic carbocycles. The third kappa shape index (κ3) is 2.85. The van der Waals surface area contributed by atoms with Crippen molar-refractivity contribution in [2.75, 3.05) is 0 Å². The standard InChI is InChI=1S/C25H20O3/c1-3-22(26)28-25(2)20-14-8-7-13-19(20)24(27)23-18(12-9-15-21(23)25)16-17-10-5-4-6-11-17/h3-15H,1,16H2,2H3. The molecule has 0 spiro atoms. The van der Waals surface area contributed by atoms with E-state index in [-0.39, 0.29) is 5.78 Å². The SMILES string of the molecule is C=CC(=O)OC1(C)c2ccccc2C(=O)c2c(Cc3ccccc3)cccc21. The average Bonchev–Trinajstić information content (AvgIpc) is 2.73. The molecular weight excluding hydrogens is 348 g/mol. The molecule has 0 N–H and O–H groups in total. The minimum Gasteiger partial charge on any atom is -0.446 e. The molecular formula is C25H20O3. The van der Waals surface area contributed by atoms with Gasteiger partial charge in [0.25, 0.3) is 0 Å². The molecule has 28 heavy (non-hydrogen) atoms. The second-order valence-corrected chi connectivity index (χ2v) is 7.04. The van der Waals surface area contributed by atoms with Crippen molar-refractivity contribution in [3.63, 3.8) is 0 Å².